The summed E-state index contributed by atoms with van der Waals surface area (Å²) >= 11 is 1.59. The third-order valence-electron chi connectivity index (χ3n) is 3.41. The van der Waals surface area contributed by atoms with Gasteiger partial charge in [0.15, 0.2) is 11.7 Å². The molecule has 1 aliphatic heterocycles. The fraction of sp³-hybridized carbons (Fsp3) is 0.375. The van der Waals surface area contributed by atoms with E-state index in [0.717, 1.165) is 29.4 Å². The van der Waals surface area contributed by atoms with Gasteiger partial charge in [0.25, 0.3) is 5.91 Å². The molecule has 2 aromatic rings. The van der Waals surface area contributed by atoms with Crippen LogP contribution in [0.2, 0.25) is 0 Å². The molecule has 0 aliphatic carbocycles. The second kappa shape index (κ2) is 6.36. The average Bonchev–Trinajstić information content (AvgIpc) is 2.95. The first kappa shape index (κ1) is 14.8. The van der Waals surface area contributed by atoms with Gasteiger partial charge in [-0.25, -0.2) is 4.98 Å². The van der Waals surface area contributed by atoms with Gasteiger partial charge >= 0.3 is 0 Å². The number of anilines is 2. The highest BCUT2D eigenvalue weighted by Crippen LogP contribution is 2.33. The van der Waals surface area contributed by atoms with Crippen LogP contribution in [-0.4, -0.2) is 24.0 Å². The lowest BCUT2D eigenvalue weighted by atomic mass is 10.1. The van der Waals surface area contributed by atoms with Crippen LogP contribution in [0.1, 0.15) is 20.3 Å². The molecule has 1 aliphatic rings. The first-order valence-electron chi connectivity index (χ1n) is 7.38. The van der Waals surface area contributed by atoms with E-state index in [4.69, 9.17) is 4.74 Å². The Hall–Kier alpha value is -2.08. The number of fused-ring (bicyclic) bond motifs is 1. The molecule has 0 atom stereocenters. The number of nitrogens with one attached hydrogen (secondary N) is 2. The normalized spacial score (nSPS) is 13.5. The number of rotatable bonds is 5. The van der Waals surface area contributed by atoms with Crippen molar-refractivity contribution in [1.82, 2.24) is 4.98 Å². The van der Waals surface area contributed by atoms with Gasteiger partial charge in [-0.05, 0) is 30.5 Å². The third kappa shape index (κ3) is 3.39. The number of amides is 1. The monoisotopic (exact) mass is 317 g/mol. The molecular formula is C16H19N3O2S. The number of carbonyl (C=O) groups is 1. The number of thiazole rings is 1. The molecule has 0 saturated heterocycles. The SMILES string of the molecule is CC(C)CCNc1nc(-c2ccc3c(c2)NC(=O)CO3)cs1. The van der Waals surface area contributed by atoms with Crippen LogP contribution in [0.3, 0.4) is 0 Å². The van der Waals surface area contributed by atoms with Crippen LogP contribution in [-0.2, 0) is 4.79 Å². The fourth-order valence-electron chi connectivity index (χ4n) is 2.20. The summed E-state index contributed by atoms with van der Waals surface area (Å²) in [7, 11) is 0. The zero-order valence-corrected chi connectivity index (χ0v) is 13.5. The Morgan fingerprint density at radius 2 is 2.32 bits per heavy atom. The van der Waals surface area contributed by atoms with Crippen molar-refractivity contribution < 1.29 is 9.53 Å². The molecule has 1 aromatic carbocycles. The van der Waals surface area contributed by atoms with Gasteiger partial charge in [-0.2, -0.15) is 0 Å². The van der Waals surface area contributed by atoms with Crippen LogP contribution in [0.25, 0.3) is 11.3 Å². The van der Waals surface area contributed by atoms with E-state index in [1.165, 1.54) is 0 Å². The van der Waals surface area contributed by atoms with Crippen molar-refractivity contribution in [2.24, 2.45) is 5.92 Å². The van der Waals surface area contributed by atoms with E-state index >= 15 is 0 Å². The lowest BCUT2D eigenvalue weighted by Crippen LogP contribution is -2.25. The Kier molecular flexibility index (Phi) is 4.29. The summed E-state index contributed by atoms with van der Waals surface area (Å²) in [6.07, 6.45) is 1.12. The van der Waals surface area contributed by atoms with E-state index < -0.39 is 0 Å². The van der Waals surface area contributed by atoms with Crippen LogP contribution < -0.4 is 15.4 Å². The van der Waals surface area contributed by atoms with Crippen LogP contribution in [0.4, 0.5) is 10.8 Å². The number of carbonyl (C=O) groups excluding carboxylic acids is 1. The van der Waals surface area contributed by atoms with E-state index in [9.17, 15) is 4.79 Å². The molecule has 0 saturated carbocycles. The number of ether oxygens (including phenoxy) is 1. The van der Waals surface area contributed by atoms with Gasteiger partial charge in [0, 0.05) is 17.5 Å². The average molecular weight is 317 g/mol. The van der Waals surface area contributed by atoms with Crippen molar-refractivity contribution in [2.45, 2.75) is 20.3 Å². The molecule has 5 nitrogen and oxygen atoms in total. The maximum atomic E-state index is 11.4. The topological polar surface area (TPSA) is 63.2 Å². The second-order valence-electron chi connectivity index (χ2n) is 5.69. The van der Waals surface area contributed by atoms with Crippen molar-refractivity contribution in [2.75, 3.05) is 23.8 Å². The van der Waals surface area contributed by atoms with Gasteiger partial charge in [0.05, 0.1) is 11.4 Å². The summed E-state index contributed by atoms with van der Waals surface area (Å²) in [6.45, 7) is 5.42. The molecule has 3 rings (SSSR count). The lowest BCUT2D eigenvalue weighted by Gasteiger charge is -2.18. The molecule has 1 aromatic heterocycles. The Morgan fingerprint density at radius 1 is 1.45 bits per heavy atom. The Bertz CT molecular complexity index is 682. The number of benzene rings is 1. The van der Waals surface area contributed by atoms with Crippen LogP contribution >= 0.6 is 11.3 Å². The molecule has 0 unspecified atom stereocenters. The molecule has 116 valence electrons. The van der Waals surface area contributed by atoms with Gasteiger partial charge in [-0.15, -0.1) is 11.3 Å². The van der Waals surface area contributed by atoms with Gasteiger partial charge < -0.3 is 15.4 Å². The van der Waals surface area contributed by atoms with Crippen molar-refractivity contribution >= 4 is 28.1 Å². The van der Waals surface area contributed by atoms with Crippen LogP contribution in [0, 0.1) is 5.92 Å². The number of hydrogen-bond acceptors (Lipinski definition) is 5. The van der Waals surface area contributed by atoms with Gasteiger partial charge in [-0.3, -0.25) is 4.79 Å². The smallest absolute Gasteiger partial charge is 0.262 e. The highest BCUT2D eigenvalue weighted by molar-refractivity contribution is 7.14. The molecule has 2 N–H and O–H groups in total. The zero-order chi connectivity index (χ0) is 15.5. The molecule has 2 heterocycles. The molecule has 0 spiro atoms. The Labute approximate surface area is 133 Å². The van der Waals surface area contributed by atoms with E-state index in [1.807, 2.05) is 23.6 Å². The molecule has 0 bridgehead atoms. The zero-order valence-electron chi connectivity index (χ0n) is 12.7. The summed E-state index contributed by atoms with van der Waals surface area (Å²) in [5.74, 6) is 1.25. The number of nitrogens with zero attached hydrogens (tertiary/aromatic N) is 1. The molecule has 22 heavy (non-hydrogen) atoms. The van der Waals surface area contributed by atoms with Crippen molar-refractivity contribution in [3.05, 3.63) is 23.6 Å². The minimum absolute atomic E-state index is 0.0764. The lowest BCUT2D eigenvalue weighted by molar-refractivity contribution is -0.118. The van der Waals surface area contributed by atoms with Crippen LogP contribution in [0.15, 0.2) is 23.6 Å². The number of aromatic nitrogens is 1. The standard InChI is InChI=1S/C16H19N3O2S/c1-10(2)5-6-17-16-19-13(9-22-16)11-3-4-14-12(7-11)18-15(20)8-21-14/h3-4,7,9-10H,5-6,8H2,1-2H3,(H,17,19)(H,18,20). The van der Waals surface area contributed by atoms with Gasteiger partial charge in [0.1, 0.15) is 5.75 Å². The van der Waals surface area contributed by atoms with E-state index in [0.29, 0.717) is 17.4 Å². The summed E-state index contributed by atoms with van der Waals surface area (Å²) in [4.78, 5) is 16.0. The minimum atomic E-state index is -0.126. The predicted octanol–water partition coefficient (Wildman–Crippen LogP) is 3.60. The van der Waals surface area contributed by atoms with Gasteiger partial charge in [-0.1, -0.05) is 13.8 Å². The highest BCUT2D eigenvalue weighted by Gasteiger charge is 2.17. The Balaban J connectivity index is 1.73. The predicted molar refractivity (Wildman–Crippen MR) is 89.6 cm³/mol. The maximum Gasteiger partial charge on any atom is 0.262 e. The first-order chi connectivity index (χ1) is 10.6. The first-order valence-corrected chi connectivity index (χ1v) is 8.26. The van der Waals surface area contributed by atoms with E-state index in [2.05, 4.69) is 29.5 Å². The fourth-order valence-corrected chi connectivity index (χ4v) is 2.95. The van der Waals surface area contributed by atoms with E-state index in [-0.39, 0.29) is 12.5 Å². The van der Waals surface area contributed by atoms with Crippen molar-refractivity contribution in [3.63, 3.8) is 0 Å². The Morgan fingerprint density at radius 3 is 3.14 bits per heavy atom. The largest absolute Gasteiger partial charge is 0.482 e. The molecular weight excluding hydrogens is 298 g/mol. The summed E-state index contributed by atoms with van der Waals surface area (Å²) in [5, 5.41) is 9.11. The maximum absolute atomic E-state index is 11.4. The summed E-state index contributed by atoms with van der Waals surface area (Å²) in [6, 6.07) is 5.73. The van der Waals surface area contributed by atoms with E-state index in [1.54, 1.807) is 11.3 Å². The van der Waals surface area contributed by atoms with Crippen molar-refractivity contribution in [1.29, 1.82) is 0 Å². The molecule has 0 radical (unpaired) electrons. The summed E-state index contributed by atoms with van der Waals surface area (Å²) < 4.78 is 5.37. The molecule has 6 heteroatoms. The molecule has 1 amide bonds. The van der Waals surface area contributed by atoms with Crippen molar-refractivity contribution in [3.8, 4) is 17.0 Å². The molecule has 0 fully saturated rings. The van der Waals surface area contributed by atoms with Crippen LogP contribution in [0.5, 0.6) is 5.75 Å². The third-order valence-corrected chi connectivity index (χ3v) is 4.21. The second-order valence-corrected chi connectivity index (χ2v) is 6.55. The minimum Gasteiger partial charge on any atom is -0.482 e. The number of hydrogen-bond donors (Lipinski definition) is 2. The highest BCUT2D eigenvalue weighted by atomic mass is 32.1. The van der Waals surface area contributed by atoms with Gasteiger partial charge in [0.2, 0.25) is 0 Å². The quantitative estimate of drug-likeness (QED) is 0.884. The summed E-state index contributed by atoms with van der Waals surface area (Å²) in [5.41, 5.74) is 2.58.